The molecule has 0 fully saturated rings. The van der Waals surface area contributed by atoms with Crippen molar-refractivity contribution < 1.29 is 4.74 Å². The van der Waals surface area contributed by atoms with Gasteiger partial charge in [0.25, 0.3) is 0 Å². The van der Waals surface area contributed by atoms with Crippen molar-refractivity contribution in [1.29, 1.82) is 0 Å². The number of aromatic nitrogens is 1. The first-order valence-corrected chi connectivity index (χ1v) is 5.85. The summed E-state index contributed by atoms with van der Waals surface area (Å²) in [4.78, 5) is 0. The van der Waals surface area contributed by atoms with E-state index in [0.29, 0.717) is 6.54 Å². The molecule has 0 bridgehead atoms. The number of ether oxygens (including phenoxy) is 1. The third kappa shape index (κ3) is 1.66. The van der Waals surface area contributed by atoms with Crippen molar-refractivity contribution in [3.05, 3.63) is 35.5 Å². The number of nitrogens with two attached hydrogens (primary N) is 1. The maximum absolute atomic E-state index is 5.88. The van der Waals surface area contributed by atoms with Gasteiger partial charge in [0.1, 0.15) is 5.60 Å². The minimum atomic E-state index is -0.426. The number of para-hydroxylation sites is 1. The van der Waals surface area contributed by atoms with Gasteiger partial charge >= 0.3 is 0 Å². The average Bonchev–Trinajstić information content (AvgIpc) is 2.62. The first-order chi connectivity index (χ1) is 8.05. The highest BCUT2D eigenvalue weighted by Crippen LogP contribution is 2.34. The lowest BCUT2D eigenvalue weighted by molar-refractivity contribution is 0.0107. The van der Waals surface area contributed by atoms with Crippen LogP contribution in [0.4, 0.5) is 0 Å². The fourth-order valence-electron chi connectivity index (χ4n) is 2.48. The summed E-state index contributed by atoms with van der Waals surface area (Å²) >= 11 is 0. The van der Waals surface area contributed by atoms with Gasteiger partial charge in [-0.3, -0.25) is 0 Å². The third-order valence-corrected chi connectivity index (χ3v) is 3.77. The average molecular weight is 232 g/mol. The Morgan fingerprint density at radius 2 is 2.00 bits per heavy atom. The predicted octanol–water partition coefficient (Wildman–Crippen LogP) is 2.31. The maximum atomic E-state index is 5.88. The van der Waals surface area contributed by atoms with Crippen LogP contribution in [0, 0.1) is 6.92 Å². The molecule has 92 valence electrons. The zero-order valence-corrected chi connectivity index (χ0v) is 10.9. The molecule has 3 nitrogen and oxygen atoms in total. The molecule has 0 radical (unpaired) electrons. The molecule has 0 aliphatic heterocycles. The number of fused-ring (bicyclic) bond motifs is 1. The van der Waals surface area contributed by atoms with Crippen LogP contribution in [-0.4, -0.2) is 18.2 Å². The second-order valence-electron chi connectivity index (χ2n) is 4.68. The highest BCUT2D eigenvalue weighted by Gasteiger charge is 2.30. The summed E-state index contributed by atoms with van der Waals surface area (Å²) in [6.07, 6.45) is 0. The van der Waals surface area contributed by atoms with Crippen molar-refractivity contribution in [2.45, 2.75) is 19.4 Å². The summed E-state index contributed by atoms with van der Waals surface area (Å²) in [5, 5.41) is 1.22. The molecular formula is C14H20N2O. The van der Waals surface area contributed by atoms with E-state index in [2.05, 4.69) is 42.8 Å². The Hall–Kier alpha value is -1.32. The Bertz CT molecular complexity index is 538. The molecule has 2 N–H and O–H groups in total. The molecule has 0 spiro atoms. The molecule has 2 rings (SSSR count). The summed E-state index contributed by atoms with van der Waals surface area (Å²) < 4.78 is 7.83. The number of methoxy groups -OCH3 is 1. The zero-order valence-electron chi connectivity index (χ0n) is 10.9. The fourth-order valence-corrected chi connectivity index (χ4v) is 2.48. The van der Waals surface area contributed by atoms with Gasteiger partial charge in [-0.25, -0.2) is 0 Å². The highest BCUT2D eigenvalue weighted by molar-refractivity contribution is 5.86. The Balaban J connectivity index is 2.81. The normalized spacial score (nSPS) is 15.1. The molecule has 0 saturated heterocycles. The smallest absolute Gasteiger partial charge is 0.104 e. The van der Waals surface area contributed by atoms with Crippen molar-refractivity contribution in [1.82, 2.24) is 4.57 Å². The molecule has 1 atom stereocenters. The summed E-state index contributed by atoms with van der Waals surface area (Å²) in [5.74, 6) is 0. The van der Waals surface area contributed by atoms with Crippen LogP contribution in [0.2, 0.25) is 0 Å². The van der Waals surface area contributed by atoms with Crippen LogP contribution >= 0.6 is 0 Å². The van der Waals surface area contributed by atoms with Gasteiger partial charge in [-0.15, -0.1) is 0 Å². The largest absolute Gasteiger partial charge is 0.372 e. The first kappa shape index (κ1) is 12.1. The van der Waals surface area contributed by atoms with E-state index in [9.17, 15) is 0 Å². The molecular weight excluding hydrogens is 212 g/mol. The van der Waals surface area contributed by atoms with Crippen LogP contribution < -0.4 is 5.73 Å². The summed E-state index contributed by atoms with van der Waals surface area (Å²) in [6, 6.07) is 8.36. The maximum Gasteiger partial charge on any atom is 0.104 e. The molecule has 0 aliphatic rings. The molecule has 2 aromatic rings. The number of hydrogen-bond donors (Lipinski definition) is 1. The highest BCUT2D eigenvalue weighted by atomic mass is 16.5. The molecule has 0 aliphatic carbocycles. The molecule has 3 heteroatoms. The van der Waals surface area contributed by atoms with Crippen molar-refractivity contribution in [2.24, 2.45) is 12.8 Å². The Morgan fingerprint density at radius 3 is 2.59 bits per heavy atom. The molecule has 0 saturated carbocycles. The van der Waals surface area contributed by atoms with Gasteiger partial charge in [-0.05, 0) is 19.9 Å². The third-order valence-electron chi connectivity index (χ3n) is 3.77. The van der Waals surface area contributed by atoms with E-state index < -0.39 is 5.60 Å². The number of benzene rings is 1. The molecule has 0 amide bonds. The lowest BCUT2D eigenvalue weighted by Crippen LogP contribution is -2.34. The zero-order chi connectivity index (χ0) is 12.6. The van der Waals surface area contributed by atoms with Crippen LogP contribution in [0.15, 0.2) is 24.3 Å². The van der Waals surface area contributed by atoms with E-state index in [1.807, 2.05) is 6.92 Å². The van der Waals surface area contributed by atoms with E-state index in [1.165, 1.54) is 22.2 Å². The molecule has 17 heavy (non-hydrogen) atoms. The van der Waals surface area contributed by atoms with Crippen LogP contribution in [-0.2, 0) is 17.4 Å². The van der Waals surface area contributed by atoms with E-state index in [0.717, 1.165) is 0 Å². The van der Waals surface area contributed by atoms with Crippen LogP contribution in [0.25, 0.3) is 10.9 Å². The van der Waals surface area contributed by atoms with E-state index in [1.54, 1.807) is 7.11 Å². The van der Waals surface area contributed by atoms with Crippen LogP contribution in [0.1, 0.15) is 18.2 Å². The summed E-state index contributed by atoms with van der Waals surface area (Å²) in [7, 11) is 3.79. The summed E-state index contributed by atoms with van der Waals surface area (Å²) in [5.41, 5.74) is 9.08. The van der Waals surface area contributed by atoms with Gasteiger partial charge in [0.2, 0.25) is 0 Å². The predicted molar refractivity (Wildman–Crippen MR) is 71.1 cm³/mol. The van der Waals surface area contributed by atoms with Crippen LogP contribution in [0.5, 0.6) is 0 Å². The van der Waals surface area contributed by atoms with Gasteiger partial charge in [-0.1, -0.05) is 18.2 Å². The topological polar surface area (TPSA) is 40.2 Å². The minimum Gasteiger partial charge on any atom is -0.372 e. The quantitative estimate of drug-likeness (QED) is 0.882. The molecule has 1 unspecified atom stereocenters. The second kappa shape index (κ2) is 4.17. The van der Waals surface area contributed by atoms with E-state index >= 15 is 0 Å². The van der Waals surface area contributed by atoms with Gasteiger partial charge in [0.05, 0.1) is 0 Å². The number of rotatable bonds is 3. The SMILES string of the molecule is COC(C)(CN)c1c(C)n(C)c2ccccc12. The lowest BCUT2D eigenvalue weighted by Gasteiger charge is -2.27. The summed E-state index contributed by atoms with van der Waals surface area (Å²) in [6.45, 7) is 4.63. The Morgan fingerprint density at radius 1 is 1.35 bits per heavy atom. The standard InChI is InChI=1S/C14H20N2O/c1-10-13(14(2,9-15)17-4)11-7-5-6-8-12(11)16(10)3/h5-8H,9,15H2,1-4H3. The molecule has 1 aromatic heterocycles. The van der Waals surface area contributed by atoms with Gasteiger partial charge in [0.15, 0.2) is 0 Å². The van der Waals surface area contributed by atoms with Crippen molar-refractivity contribution >= 4 is 10.9 Å². The lowest BCUT2D eigenvalue weighted by atomic mass is 9.93. The van der Waals surface area contributed by atoms with E-state index in [-0.39, 0.29) is 0 Å². The van der Waals surface area contributed by atoms with Gasteiger partial charge < -0.3 is 15.0 Å². The van der Waals surface area contributed by atoms with Crippen molar-refractivity contribution in [2.75, 3.05) is 13.7 Å². The molecule has 1 heterocycles. The number of nitrogens with zero attached hydrogens (tertiary/aromatic N) is 1. The Kier molecular flexibility index (Phi) is 2.98. The van der Waals surface area contributed by atoms with Gasteiger partial charge in [-0.2, -0.15) is 0 Å². The van der Waals surface area contributed by atoms with Crippen LogP contribution in [0.3, 0.4) is 0 Å². The van der Waals surface area contributed by atoms with Gasteiger partial charge in [0, 0.05) is 42.9 Å². The first-order valence-electron chi connectivity index (χ1n) is 5.85. The van der Waals surface area contributed by atoms with Crippen molar-refractivity contribution in [3.63, 3.8) is 0 Å². The fraction of sp³-hybridized carbons (Fsp3) is 0.429. The second-order valence-corrected chi connectivity index (χ2v) is 4.68. The minimum absolute atomic E-state index is 0.426. The number of aryl methyl sites for hydroxylation is 1. The number of hydrogen-bond acceptors (Lipinski definition) is 2. The monoisotopic (exact) mass is 232 g/mol. The van der Waals surface area contributed by atoms with E-state index in [4.69, 9.17) is 10.5 Å². The Labute approximate surface area is 102 Å². The molecule has 1 aromatic carbocycles. The van der Waals surface area contributed by atoms with Crippen molar-refractivity contribution in [3.8, 4) is 0 Å².